The number of fused-ring (bicyclic) bond motifs is 1. The largest absolute Gasteiger partial charge is 0.478 e. The van der Waals surface area contributed by atoms with Gasteiger partial charge >= 0.3 is 12.1 Å². The Morgan fingerprint density at radius 3 is 2.27 bits per heavy atom. The zero-order valence-corrected chi connectivity index (χ0v) is 19.7. The number of carbonyl (C=O) groups is 3. The van der Waals surface area contributed by atoms with Crippen LogP contribution in [0.2, 0.25) is 5.02 Å². The number of amides is 1. The summed E-state index contributed by atoms with van der Waals surface area (Å²) in [6, 6.07) is 12.4. The maximum absolute atomic E-state index is 13.7. The molecule has 12 heteroatoms. The van der Waals surface area contributed by atoms with E-state index in [1.807, 2.05) is 0 Å². The maximum Gasteiger partial charge on any atom is 0.417 e. The fourth-order valence-electron chi connectivity index (χ4n) is 3.76. The molecule has 2 N–H and O–H groups in total. The summed E-state index contributed by atoms with van der Waals surface area (Å²) >= 11 is 6.03. The lowest BCUT2D eigenvalue weighted by Gasteiger charge is -2.14. The van der Waals surface area contributed by atoms with E-state index in [1.54, 1.807) is 0 Å². The summed E-state index contributed by atoms with van der Waals surface area (Å²) in [6.07, 6.45) is -4.89. The van der Waals surface area contributed by atoms with E-state index in [0.29, 0.717) is 15.3 Å². The molecule has 0 fully saturated rings. The van der Waals surface area contributed by atoms with Crippen LogP contribution in [0.5, 0.6) is 0 Å². The minimum absolute atomic E-state index is 0.00932. The molecule has 1 amide bonds. The van der Waals surface area contributed by atoms with Gasteiger partial charge in [0.2, 0.25) is 0 Å². The van der Waals surface area contributed by atoms with Gasteiger partial charge in [-0.2, -0.15) is 23.0 Å². The number of alkyl halides is 3. The molecule has 0 atom stereocenters. The monoisotopic (exact) mass is 531 g/mol. The summed E-state index contributed by atoms with van der Waals surface area (Å²) in [5, 5.41) is 23.5. The molecule has 3 aromatic carbocycles. The zero-order chi connectivity index (χ0) is 27.1. The summed E-state index contributed by atoms with van der Waals surface area (Å²) in [4.78, 5) is 37.2. The molecule has 0 aliphatic heterocycles. The fourth-order valence-corrected chi connectivity index (χ4v) is 4.02. The van der Waals surface area contributed by atoms with Crippen molar-refractivity contribution in [3.05, 3.63) is 87.9 Å². The summed E-state index contributed by atoms with van der Waals surface area (Å²) in [6.45, 7) is 1.49. The third-order valence-electron chi connectivity index (χ3n) is 5.59. The Bertz CT molecular complexity index is 1550. The molecule has 190 valence electrons. The maximum atomic E-state index is 13.7. The first-order chi connectivity index (χ1) is 17.4. The van der Waals surface area contributed by atoms with Crippen molar-refractivity contribution in [3.8, 4) is 11.3 Å². The second-order valence-corrected chi connectivity index (χ2v) is 8.27. The van der Waals surface area contributed by atoms with Crippen LogP contribution in [0.25, 0.3) is 22.2 Å². The van der Waals surface area contributed by atoms with Crippen molar-refractivity contribution in [2.75, 3.05) is 6.54 Å². The minimum Gasteiger partial charge on any atom is -0.478 e. The molecule has 0 spiro atoms. The number of hydrogen-bond donors (Lipinski definition) is 2. The molecule has 0 unspecified atom stereocenters. The van der Waals surface area contributed by atoms with Crippen LogP contribution in [0.15, 0.2) is 60.7 Å². The molecule has 1 aromatic heterocycles. The molecule has 0 radical (unpaired) electrons. The van der Waals surface area contributed by atoms with E-state index < -0.39 is 40.1 Å². The van der Waals surface area contributed by atoms with E-state index in [0.717, 1.165) is 18.2 Å². The van der Waals surface area contributed by atoms with Crippen LogP contribution in [0.4, 0.5) is 13.2 Å². The summed E-state index contributed by atoms with van der Waals surface area (Å²) in [5.41, 5.74) is -1.66. The predicted octanol–water partition coefficient (Wildman–Crippen LogP) is 5.61. The van der Waals surface area contributed by atoms with E-state index >= 15 is 0 Å². The van der Waals surface area contributed by atoms with Crippen LogP contribution in [-0.4, -0.2) is 49.5 Å². The number of carbonyl (C=O) groups excluding carboxylic acids is 2. The highest BCUT2D eigenvalue weighted by atomic mass is 35.5. The second kappa shape index (κ2) is 9.68. The lowest BCUT2D eigenvalue weighted by atomic mass is 10.0. The highest BCUT2D eigenvalue weighted by molar-refractivity contribution is 6.34. The average molecular weight is 532 g/mol. The molecule has 8 nitrogen and oxygen atoms in total. The molecule has 0 saturated heterocycles. The van der Waals surface area contributed by atoms with E-state index in [-0.39, 0.29) is 34.3 Å². The van der Waals surface area contributed by atoms with E-state index in [9.17, 15) is 32.8 Å². The van der Waals surface area contributed by atoms with Gasteiger partial charge in [0.1, 0.15) is 5.69 Å². The van der Waals surface area contributed by atoms with Gasteiger partial charge in [-0.25, -0.2) is 9.86 Å². The number of halogens is 4. The standard InChI is InChI=1S/C25H17ClF3N3O5/c1-2-31(37)22(33)15-10-11-16-19(12-15)32(30-21(16)13-6-8-14(9-7-13)24(35)36)23(34)20-17(25(27,28)29)4-3-5-18(20)26/h3-12,37H,2H2,1H3,(H,35,36). The fraction of sp³-hybridized carbons (Fsp3) is 0.120. The van der Waals surface area contributed by atoms with Crippen molar-refractivity contribution in [2.24, 2.45) is 0 Å². The smallest absolute Gasteiger partial charge is 0.417 e. The van der Waals surface area contributed by atoms with E-state index in [2.05, 4.69) is 5.10 Å². The van der Waals surface area contributed by atoms with Crippen molar-refractivity contribution in [1.29, 1.82) is 0 Å². The molecular weight excluding hydrogens is 515 g/mol. The molecular formula is C25H17ClF3N3O5. The lowest BCUT2D eigenvalue weighted by Crippen LogP contribution is -2.27. The van der Waals surface area contributed by atoms with Crippen molar-refractivity contribution in [1.82, 2.24) is 14.8 Å². The van der Waals surface area contributed by atoms with Crippen molar-refractivity contribution < 1.29 is 37.9 Å². The molecule has 1 heterocycles. The Balaban J connectivity index is 1.98. The topological polar surface area (TPSA) is 113 Å². The molecule has 0 bridgehead atoms. The molecule has 0 aliphatic carbocycles. The Hall–Kier alpha value is -4.22. The normalized spacial score (nSPS) is 11.5. The van der Waals surface area contributed by atoms with Gasteiger partial charge < -0.3 is 5.11 Å². The highest BCUT2D eigenvalue weighted by Crippen LogP contribution is 2.37. The van der Waals surface area contributed by atoms with Gasteiger partial charge in [-0.05, 0) is 49.4 Å². The van der Waals surface area contributed by atoms with Crippen molar-refractivity contribution in [2.45, 2.75) is 13.1 Å². The van der Waals surface area contributed by atoms with E-state index in [4.69, 9.17) is 16.7 Å². The van der Waals surface area contributed by atoms with E-state index in [1.165, 1.54) is 49.4 Å². The lowest BCUT2D eigenvalue weighted by molar-refractivity contribution is -0.137. The summed E-state index contributed by atoms with van der Waals surface area (Å²) in [7, 11) is 0. The van der Waals surface area contributed by atoms with Crippen LogP contribution in [0, 0.1) is 0 Å². The number of nitrogens with zero attached hydrogens (tertiary/aromatic N) is 3. The van der Waals surface area contributed by atoms with Crippen LogP contribution in [-0.2, 0) is 6.18 Å². The van der Waals surface area contributed by atoms with Gasteiger partial charge in [-0.3, -0.25) is 14.8 Å². The molecule has 0 saturated carbocycles. The second-order valence-electron chi connectivity index (χ2n) is 7.86. The zero-order valence-electron chi connectivity index (χ0n) is 19.0. The van der Waals surface area contributed by atoms with Crippen LogP contribution >= 0.6 is 11.6 Å². The van der Waals surface area contributed by atoms with Crippen molar-refractivity contribution in [3.63, 3.8) is 0 Å². The number of aromatic carboxylic acids is 1. The molecule has 4 rings (SSSR count). The third-order valence-corrected chi connectivity index (χ3v) is 5.91. The first-order valence-electron chi connectivity index (χ1n) is 10.7. The first kappa shape index (κ1) is 25.9. The van der Waals surface area contributed by atoms with Crippen LogP contribution in [0.3, 0.4) is 0 Å². The van der Waals surface area contributed by atoms with Crippen LogP contribution < -0.4 is 0 Å². The number of rotatable bonds is 5. The average Bonchev–Trinajstić information content (AvgIpc) is 3.25. The Labute approximate surface area is 212 Å². The molecule has 37 heavy (non-hydrogen) atoms. The third kappa shape index (κ3) is 4.78. The van der Waals surface area contributed by atoms with Crippen molar-refractivity contribution >= 4 is 40.3 Å². The number of benzene rings is 3. The van der Waals surface area contributed by atoms with Gasteiger partial charge in [0.25, 0.3) is 11.8 Å². The minimum atomic E-state index is -4.89. The van der Waals surface area contributed by atoms with Gasteiger partial charge in [-0.1, -0.05) is 29.8 Å². The number of carboxylic acid groups (broad SMARTS) is 1. The number of aromatic nitrogens is 2. The predicted molar refractivity (Wildman–Crippen MR) is 127 cm³/mol. The van der Waals surface area contributed by atoms with Gasteiger partial charge in [0.05, 0.1) is 27.2 Å². The summed E-state index contributed by atoms with van der Waals surface area (Å²) in [5.74, 6) is -3.16. The first-order valence-corrected chi connectivity index (χ1v) is 11.1. The molecule has 4 aromatic rings. The Morgan fingerprint density at radius 1 is 1.03 bits per heavy atom. The Morgan fingerprint density at radius 2 is 1.68 bits per heavy atom. The molecule has 0 aliphatic rings. The van der Waals surface area contributed by atoms with Gasteiger partial charge in [0.15, 0.2) is 0 Å². The Kier molecular flexibility index (Phi) is 6.76. The quantitative estimate of drug-likeness (QED) is 0.255. The highest BCUT2D eigenvalue weighted by Gasteiger charge is 2.37. The number of hydrogen-bond acceptors (Lipinski definition) is 5. The van der Waals surface area contributed by atoms with Gasteiger partial charge in [-0.15, -0.1) is 0 Å². The SMILES string of the molecule is CCN(O)C(=O)c1ccc2c(-c3ccc(C(=O)O)cc3)nn(C(=O)c3c(Cl)cccc3C(F)(F)F)c2c1. The summed E-state index contributed by atoms with van der Waals surface area (Å²) < 4.78 is 41.9. The van der Waals surface area contributed by atoms with Crippen LogP contribution in [0.1, 0.15) is 43.6 Å². The number of carboxylic acids is 1. The number of hydroxylamine groups is 2. The van der Waals surface area contributed by atoms with Gasteiger partial charge in [0, 0.05) is 23.1 Å².